The lowest BCUT2D eigenvalue weighted by Crippen LogP contribution is -2.41. The van der Waals surface area contributed by atoms with E-state index in [9.17, 15) is 9.59 Å². The number of carbonyl (C=O) groups excluding carboxylic acids is 1. The van der Waals surface area contributed by atoms with Gasteiger partial charge in [-0.2, -0.15) is 0 Å². The van der Waals surface area contributed by atoms with Crippen LogP contribution in [0.25, 0.3) is 22.3 Å². The number of carboxylic acid groups (broad SMARTS) is 1. The highest BCUT2D eigenvalue weighted by molar-refractivity contribution is 6.01. The van der Waals surface area contributed by atoms with E-state index in [0.717, 1.165) is 27.9 Å². The minimum atomic E-state index is -0.963. The average molecular weight is 555 g/mol. The second-order valence-corrected chi connectivity index (χ2v) is 9.26. The summed E-state index contributed by atoms with van der Waals surface area (Å²) in [6, 6.07) is 29.8. The molecule has 0 radical (unpaired) electrons. The Kier molecular flexibility index (Phi) is 9.93. The fourth-order valence-electron chi connectivity index (χ4n) is 4.30. The van der Waals surface area contributed by atoms with Gasteiger partial charge >= 0.3 is 5.97 Å². The number of hydrogen-bond acceptors (Lipinski definition) is 7. The molecule has 0 fully saturated rings. The Labute approximate surface area is 239 Å². The van der Waals surface area contributed by atoms with Crippen molar-refractivity contribution in [3.8, 4) is 33.8 Å². The number of carboxylic acids is 1. The second-order valence-electron chi connectivity index (χ2n) is 9.26. The number of amides is 1. The Morgan fingerprint density at radius 3 is 2.17 bits per heavy atom. The lowest BCUT2D eigenvalue weighted by atomic mass is 10.0. The third-order valence-corrected chi connectivity index (χ3v) is 6.63. The maximum Gasteiger partial charge on any atom is 0.324 e. The van der Waals surface area contributed by atoms with Crippen molar-refractivity contribution in [1.29, 1.82) is 0 Å². The number of likely N-dealkylation sites (N-methyl/N-ethyl adjacent to an activating group) is 2. The standard InChI is InChI=1S/C16H18N2O3.C16H16N2O2/c1-18-13(16(19)20)10-21-14-9-5-8-12(15(14)17)11-6-3-2-4-7-11;1-17-13-10-20-14-9-5-8-12(15(14)18-16(13)19)11-6-3-2-4-7-11/h2-9,13,18H,10,17H2,1H3,(H,19,20);2-9,13,17H,10H2,1H3,(H,18,19)/t2*13-/m00/s1. The number of nitrogens with one attached hydrogen (secondary N) is 3. The van der Waals surface area contributed by atoms with Gasteiger partial charge < -0.3 is 36.3 Å². The summed E-state index contributed by atoms with van der Waals surface area (Å²) < 4.78 is 11.3. The summed E-state index contributed by atoms with van der Waals surface area (Å²) in [5, 5.41) is 17.6. The number of hydrogen-bond donors (Lipinski definition) is 5. The molecule has 1 aliphatic heterocycles. The minimum Gasteiger partial charge on any atom is -0.489 e. The zero-order valence-electron chi connectivity index (χ0n) is 23.0. The number of rotatable bonds is 8. The number of aliphatic carboxylic acids is 1. The van der Waals surface area contributed by atoms with E-state index in [1.807, 2.05) is 91.0 Å². The first-order valence-electron chi connectivity index (χ1n) is 13.2. The van der Waals surface area contributed by atoms with Crippen LogP contribution in [-0.2, 0) is 9.59 Å². The largest absolute Gasteiger partial charge is 0.489 e. The molecule has 2 atom stereocenters. The maximum absolute atomic E-state index is 12.1. The van der Waals surface area contributed by atoms with Gasteiger partial charge in [0, 0.05) is 11.1 Å². The van der Waals surface area contributed by atoms with Gasteiger partial charge in [-0.05, 0) is 37.4 Å². The molecule has 0 saturated carbocycles. The molecular formula is C32H34N4O5. The van der Waals surface area contributed by atoms with E-state index in [-0.39, 0.29) is 18.6 Å². The van der Waals surface area contributed by atoms with Gasteiger partial charge in [0.25, 0.3) is 0 Å². The predicted molar refractivity (Wildman–Crippen MR) is 161 cm³/mol. The van der Waals surface area contributed by atoms with Crippen LogP contribution in [0.1, 0.15) is 0 Å². The van der Waals surface area contributed by atoms with E-state index in [1.54, 1.807) is 20.2 Å². The van der Waals surface area contributed by atoms with Crippen LogP contribution < -0.4 is 31.2 Å². The molecule has 212 valence electrons. The highest BCUT2D eigenvalue weighted by atomic mass is 16.5. The van der Waals surface area contributed by atoms with Crippen LogP contribution >= 0.6 is 0 Å². The van der Waals surface area contributed by atoms with E-state index in [1.165, 1.54) is 0 Å². The first-order chi connectivity index (χ1) is 19.9. The zero-order valence-corrected chi connectivity index (χ0v) is 23.0. The number of nitrogen functional groups attached to an aromatic ring is 1. The molecule has 0 aliphatic carbocycles. The first-order valence-corrected chi connectivity index (χ1v) is 13.2. The van der Waals surface area contributed by atoms with E-state index in [2.05, 4.69) is 16.0 Å². The van der Waals surface area contributed by atoms with Crippen LogP contribution in [0.15, 0.2) is 97.1 Å². The molecule has 0 aromatic heterocycles. The molecule has 0 unspecified atom stereocenters. The summed E-state index contributed by atoms with van der Waals surface area (Å²) in [6.07, 6.45) is 0. The predicted octanol–water partition coefficient (Wildman–Crippen LogP) is 4.26. The quantitative estimate of drug-likeness (QED) is 0.204. The molecule has 6 N–H and O–H groups in total. The van der Waals surface area contributed by atoms with Crippen LogP contribution in [0.2, 0.25) is 0 Å². The van der Waals surface area contributed by atoms with E-state index in [0.29, 0.717) is 23.8 Å². The second kappa shape index (κ2) is 14.0. The zero-order chi connectivity index (χ0) is 29.2. The van der Waals surface area contributed by atoms with E-state index >= 15 is 0 Å². The van der Waals surface area contributed by atoms with Crippen molar-refractivity contribution in [3.63, 3.8) is 0 Å². The molecule has 1 aliphatic rings. The van der Waals surface area contributed by atoms with Crippen molar-refractivity contribution in [2.75, 3.05) is 38.4 Å². The number of anilines is 2. The molecule has 4 aromatic carbocycles. The maximum atomic E-state index is 12.1. The van der Waals surface area contributed by atoms with Gasteiger partial charge in [0.05, 0.1) is 11.4 Å². The first kappa shape index (κ1) is 29.1. The molecule has 0 saturated heterocycles. The number of benzene rings is 4. The number of fused-ring (bicyclic) bond motifs is 1. The van der Waals surface area contributed by atoms with Gasteiger partial charge in [0.15, 0.2) is 0 Å². The molecule has 1 amide bonds. The summed E-state index contributed by atoms with van der Waals surface area (Å²) in [5.74, 6) is 0.153. The summed E-state index contributed by atoms with van der Waals surface area (Å²) in [5.41, 5.74) is 11.2. The van der Waals surface area contributed by atoms with Gasteiger partial charge in [0.1, 0.15) is 36.8 Å². The topological polar surface area (TPSA) is 135 Å². The average Bonchev–Trinajstić information content (AvgIpc) is 3.17. The molecular weight excluding hydrogens is 520 g/mol. The Morgan fingerprint density at radius 1 is 0.951 bits per heavy atom. The van der Waals surface area contributed by atoms with Crippen LogP contribution in [0.5, 0.6) is 11.5 Å². The fraction of sp³-hybridized carbons (Fsp3) is 0.188. The van der Waals surface area contributed by atoms with Gasteiger partial charge in [-0.25, -0.2) is 0 Å². The van der Waals surface area contributed by atoms with Crippen molar-refractivity contribution in [1.82, 2.24) is 10.6 Å². The van der Waals surface area contributed by atoms with Gasteiger partial charge in [-0.1, -0.05) is 84.9 Å². The normalized spacial score (nSPS) is 14.7. The monoisotopic (exact) mass is 554 g/mol. The van der Waals surface area contributed by atoms with E-state index in [4.69, 9.17) is 20.3 Å². The smallest absolute Gasteiger partial charge is 0.324 e. The summed E-state index contributed by atoms with van der Waals surface area (Å²) >= 11 is 0. The van der Waals surface area contributed by atoms with Gasteiger partial charge in [0.2, 0.25) is 5.91 Å². The van der Waals surface area contributed by atoms with Crippen molar-refractivity contribution in [2.24, 2.45) is 0 Å². The number of para-hydroxylation sites is 2. The molecule has 9 heteroatoms. The van der Waals surface area contributed by atoms with E-state index < -0.39 is 12.0 Å². The van der Waals surface area contributed by atoms with Gasteiger partial charge in [-0.3, -0.25) is 9.59 Å². The molecule has 4 aromatic rings. The van der Waals surface area contributed by atoms with Crippen molar-refractivity contribution in [3.05, 3.63) is 97.1 Å². The third kappa shape index (κ3) is 7.21. The molecule has 0 spiro atoms. The molecule has 9 nitrogen and oxygen atoms in total. The molecule has 41 heavy (non-hydrogen) atoms. The lowest BCUT2D eigenvalue weighted by Gasteiger charge is -2.15. The van der Waals surface area contributed by atoms with Crippen molar-refractivity contribution >= 4 is 23.3 Å². The lowest BCUT2D eigenvalue weighted by molar-refractivity contribution is -0.140. The molecule has 1 heterocycles. The Bertz CT molecular complexity index is 1460. The summed E-state index contributed by atoms with van der Waals surface area (Å²) in [7, 11) is 3.33. The third-order valence-electron chi connectivity index (χ3n) is 6.63. The SMILES string of the molecule is CN[C@@H](COc1cccc(-c2ccccc2)c1N)C(=O)O.CN[C@H]1COc2cccc(-c3ccccc3)c2NC1=O. The molecule has 0 bridgehead atoms. The number of carbonyl (C=O) groups is 2. The minimum absolute atomic E-state index is 0.00821. The fourth-order valence-corrected chi connectivity index (χ4v) is 4.30. The highest BCUT2D eigenvalue weighted by Gasteiger charge is 2.25. The number of nitrogens with two attached hydrogens (primary N) is 1. The number of ether oxygens (including phenoxy) is 2. The van der Waals surface area contributed by atoms with Crippen LogP contribution in [0.4, 0.5) is 11.4 Å². The Balaban J connectivity index is 0.000000189. The van der Waals surface area contributed by atoms with Crippen LogP contribution in [0.3, 0.4) is 0 Å². The Hall–Kier alpha value is -4.86. The van der Waals surface area contributed by atoms with Gasteiger partial charge in [-0.15, -0.1) is 0 Å². The van der Waals surface area contributed by atoms with Crippen LogP contribution in [0, 0.1) is 0 Å². The highest BCUT2D eigenvalue weighted by Crippen LogP contribution is 2.37. The van der Waals surface area contributed by atoms with Crippen molar-refractivity contribution < 1.29 is 24.2 Å². The Morgan fingerprint density at radius 2 is 1.56 bits per heavy atom. The summed E-state index contributed by atoms with van der Waals surface area (Å²) in [6.45, 7) is 0.335. The summed E-state index contributed by atoms with van der Waals surface area (Å²) in [4.78, 5) is 23.1. The van der Waals surface area contributed by atoms with Crippen molar-refractivity contribution in [2.45, 2.75) is 12.1 Å². The molecule has 5 rings (SSSR count). The van der Waals surface area contributed by atoms with Crippen LogP contribution in [-0.4, -0.2) is 56.4 Å².